The highest BCUT2D eigenvalue weighted by molar-refractivity contribution is 5.73. The Balaban J connectivity index is 1.93. The van der Waals surface area contributed by atoms with Gasteiger partial charge in [-0.1, -0.05) is 0 Å². The molecule has 0 N–H and O–H groups in total. The van der Waals surface area contributed by atoms with Crippen LogP contribution in [0.5, 0.6) is 0 Å². The number of nitro groups is 1. The molecule has 2 aromatic rings. The third-order valence-electron chi connectivity index (χ3n) is 4.89. The number of anilines is 2. The van der Waals surface area contributed by atoms with E-state index in [4.69, 9.17) is 9.15 Å². The third kappa shape index (κ3) is 5.23. The molecule has 0 radical (unpaired) electrons. The van der Waals surface area contributed by atoms with Crippen LogP contribution in [0.25, 0.3) is 0 Å². The van der Waals surface area contributed by atoms with Crippen LogP contribution in [-0.2, 0) is 16.1 Å². The van der Waals surface area contributed by atoms with Gasteiger partial charge in [0, 0.05) is 32.7 Å². The van der Waals surface area contributed by atoms with Crippen molar-refractivity contribution in [2.24, 2.45) is 0 Å². The highest BCUT2D eigenvalue weighted by Crippen LogP contribution is 2.35. The molecule has 1 fully saturated rings. The molecular weight excluding hydrogens is 392 g/mol. The average molecular weight is 418 g/mol. The standard InChI is InChI=1S/C19H26N6O5/c1-3-29-16(26)6-7-24(13-15-5-4-12-30-15)19-17(25(27)28)18(20-14-21-19)23-10-8-22(2)9-11-23/h4-5,12,14H,3,6-11,13H2,1-2H3. The van der Waals surface area contributed by atoms with Crippen LogP contribution in [0.4, 0.5) is 17.3 Å². The maximum absolute atomic E-state index is 12.0. The lowest BCUT2D eigenvalue weighted by Gasteiger charge is -2.33. The second kappa shape index (κ2) is 10.0. The van der Waals surface area contributed by atoms with Crippen molar-refractivity contribution in [3.8, 4) is 0 Å². The Morgan fingerprint density at radius 1 is 1.33 bits per heavy atom. The van der Waals surface area contributed by atoms with E-state index in [0.717, 1.165) is 13.1 Å². The Labute approximate surface area is 174 Å². The van der Waals surface area contributed by atoms with Crippen LogP contribution in [0.3, 0.4) is 0 Å². The van der Waals surface area contributed by atoms with Gasteiger partial charge in [-0.25, -0.2) is 9.97 Å². The Morgan fingerprint density at radius 3 is 2.73 bits per heavy atom. The first-order valence-corrected chi connectivity index (χ1v) is 9.85. The van der Waals surface area contributed by atoms with Crippen molar-refractivity contribution in [3.05, 3.63) is 40.6 Å². The predicted molar refractivity (Wildman–Crippen MR) is 109 cm³/mol. The van der Waals surface area contributed by atoms with E-state index in [2.05, 4.69) is 14.9 Å². The Kier molecular flexibility index (Phi) is 7.17. The minimum absolute atomic E-state index is 0.0690. The maximum Gasteiger partial charge on any atom is 0.353 e. The van der Waals surface area contributed by atoms with E-state index in [0.29, 0.717) is 24.7 Å². The van der Waals surface area contributed by atoms with Gasteiger partial charge in [-0.05, 0) is 26.1 Å². The number of hydrogen-bond donors (Lipinski definition) is 0. The van der Waals surface area contributed by atoms with Crippen molar-refractivity contribution < 1.29 is 18.9 Å². The number of hydrogen-bond acceptors (Lipinski definition) is 10. The fraction of sp³-hybridized carbons (Fsp3) is 0.526. The van der Waals surface area contributed by atoms with Gasteiger partial charge in [0.1, 0.15) is 12.1 Å². The maximum atomic E-state index is 12.0. The molecule has 11 nitrogen and oxygen atoms in total. The highest BCUT2D eigenvalue weighted by atomic mass is 16.6. The summed E-state index contributed by atoms with van der Waals surface area (Å²) in [7, 11) is 2.01. The second-order valence-corrected chi connectivity index (χ2v) is 6.97. The Bertz CT molecular complexity index is 851. The van der Waals surface area contributed by atoms with E-state index in [9.17, 15) is 14.9 Å². The molecule has 162 valence electrons. The van der Waals surface area contributed by atoms with Crippen molar-refractivity contribution in [2.45, 2.75) is 19.9 Å². The number of nitrogens with zero attached hydrogens (tertiary/aromatic N) is 6. The van der Waals surface area contributed by atoms with Gasteiger partial charge in [-0.2, -0.15) is 0 Å². The summed E-state index contributed by atoms with van der Waals surface area (Å²) < 4.78 is 10.4. The topological polar surface area (TPSA) is 118 Å². The number of ether oxygens (including phenoxy) is 1. The Hall–Kier alpha value is -3.21. The quantitative estimate of drug-likeness (QED) is 0.338. The molecule has 0 saturated carbocycles. The van der Waals surface area contributed by atoms with Gasteiger partial charge in [-0.3, -0.25) is 14.9 Å². The molecular formula is C19H26N6O5. The number of likely N-dealkylation sites (N-methyl/N-ethyl adjacent to an activating group) is 1. The molecule has 11 heteroatoms. The fourth-order valence-electron chi connectivity index (χ4n) is 3.31. The van der Waals surface area contributed by atoms with E-state index in [1.807, 2.05) is 11.9 Å². The molecule has 1 saturated heterocycles. The molecule has 0 aliphatic carbocycles. The molecule has 1 aliphatic heterocycles. The monoisotopic (exact) mass is 418 g/mol. The van der Waals surface area contributed by atoms with E-state index in [-0.39, 0.29) is 43.6 Å². The lowest BCUT2D eigenvalue weighted by Crippen LogP contribution is -2.45. The summed E-state index contributed by atoms with van der Waals surface area (Å²) in [6.45, 7) is 5.27. The van der Waals surface area contributed by atoms with Crippen LogP contribution in [0.1, 0.15) is 19.1 Å². The molecule has 0 aromatic carbocycles. The summed E-state index contributed by atoms with van der Waals surface area (Å²) in [6.07, 6.45) is 2.93. The molecule has 30 heavy (non-hydrogen) atoms. The highest BCUT2D eigenvalue weighted by Gasteiger charge is 2.31. The largest absolute Gasteiger partial charge is 0.467 e. The summed E-state index contributed by atoms with van der Waals surface area (Å²) in [5.74, 6) is 0.675. The molecule has 2 aromatic heterocycles. The number of piperazine rings is 1. The minimum atomic E-state index is -0.456. The first-order valence-electron chi connectivity index (χ1n) is 9.85. The number of furan rings is 1. The second-order valence-electron chi connectivity index (χ2n) is 6.97. The molecule has 3 rings (SSSR count). The van der Waals surface area contributed by atoms with Crippen molar-refractivity contribution >= 4 is 23.3 Å². The van der Waals surface area contributed by atoms with Crippen molar-refractivity contribution in [3.63, 3.8) is 0 Å². The number of carbonyl (C=O) groups excluding carboxylic acids is 1. The van der Waals surface area contributed by atoms with Crippen LogP contribution < -0.4 is 9.80 Å². The molecule has 1 aliphatic rings. The molecule has 0 unspecified atom stereocenters. The van der Waals surface area contributed by atoms with Crippen LogP contribution in [-0.4, -0.2) is 72.1 Å². The average Bonchev–Trinajstić information content (AvgIpc) is 3.24. The van der Waals surface area contributed by atoms with Crippen LogP contribution in [0, 0.1) is 10.1 Å². The molecule has 0 spiro atoms. The SMILES string of the molecule is CCOC(=O)CCN(Cc1ccco1)c1ncnc(N2CCN(C)CC2)c1[N+](=O)[O-]. The first kappa shape index (κ1) is 21.5. The predicted octanol–water partition coefficient (Wildman–Crippen LogP) is 1.69. The normalized spacial score (nSPS) is 14.5. The van der Waals surface area contributed by atoms with Crippen LogP contribution in [0.2, 0.25) is 0 Å². The summed E-state index contributed by atoms with van der Waals surface area (Å²) in [5.41, 5.74) is -0.169. The molecule has 0 atom stereocenters. The van der Waals surface area contributed by atoms with Gasteiger partial charge in [0.25, 0.3) is 0 Å². The van der Waals surface area contributed by atoms with E-state index in [1.54, 1.807) is 24.0 Å². The number of carbonyl (C=O) groups is 1. The number of aromatic nitrogens is 2. The van der Waals surface area contributed by atoms with Gasteiger partial charge >= 0.3 is 11.7 Å². The molecule has 0 bridgehead atoms. The Morgan fingerprint density at radius 2 is 2.10 bits per heavy atom. The van der Waals surface area contributed by atoms with Gasteiger partial charge in [0.2, 0.25) is 11.6 Å². The van der Waals surface area contributed by atoms with Crippen LogP contribution >= 0.6 is 0 Å². The van der Waals surface area contributed by atoms with Crippen molar-refractivity contribution in [1.82, 2.24) is 14.9 Å². The zero-order chi connectivity index (χ0) is 21.5. The summed E-state index contributed by atoms with van der Waals surface area (Å²) in [5, 5.41) is 12.0. The fourth-order valence-corrected chi connectivity index (χ4v) is 3.31. The summed E-state index contributed by atoms with van der Waals surface area (Å²) in [6, 6.07) is 3.51. The van der Waals surface area contributed by atoms with Gasteiger partial charge in [0.05, 0.1) is 30.8 Å². The summed E-state index contributed by atoms with van der Waals surface area (Å²) in [4.78, 5) is 37.6. The smallest absolute Gasteiger partial charge is 0.353 e. The molecule has 0 amide bonds. The van der Waals surface area contributed by atoms with Gasteiger partial charge in [-0.15, -0.1) is 0 Å². The zero-order valence-corrected chi connectivity index (χ0v) is 17.2. The number of esters is 1. The minimum Gasteiger partial charge on any atom is -0.467 e. The van der Waals surface area contributed by atoms with Gasteiger partial charge in [0.15, 0.2) is 0 Å². The lowest BCUT2D eigenvalue weighted by molar-refractivity contribution is -0.383. The van der Waals surface area contributed by atoms with Crippen molar-refractivity contribution in [1.29, 1.82) is 0 Å². The van der Waals surface area contributed by atoms with Gasteiger partial charge < -0.3 is 23.9 Å². The van der Waals surface area contributed by atoms with E-state index < -0.39 is 4.92 Å². The van der Waals surface area contributed by atoms with Crippen molar-refractivity contribution in [2.75, 3.05) is 56.2 Å². The zero-order valence-electron chi connectivity index (χ0n) is 17.2. The lowest BCUT2D eigenvalue weighted by atomic mass is 10.2. The van der Waals surface area contributed by atoms with Crippen LogP contribution in [0.15, 0.2) is 29.1 Å². The van der Waals surface area contributed by atoms with E-state index >= 15 is 0 Å². The summed E-state index contributed by atoms with van der Waals surface area (Å²) >= 11 is 0. The number of rotatable bonds is 9. The first-order chi connectivity index (χ1) is 14.5. The van der Waals surface area contributed by atoms with E-state index in [1.165, 1.54) is 12.6 Å². The third-order valence-corrected chi connectivity index (χ3v) is 4.89. The molecule has 3 heterocycles.